The van der Waals surface area contributed by atoms with Crippen LogP contribution < -0.4 is 0 Å². The number of rotatable bonds is 2. The van der Waals surface area contributed by atoms with Crippen LogP contribution in [0.1, 0.15) is 0 Å². The SMILES string of the molecule is O=[PH](O)OCC#CO. The number of aliphatic hydroxyl groups is 1. The van der Waals surface area contributed by atoms with Crippen molar-refractivity contribution in [2.75, 3.05) is 6.61 Å². The molecule has 5 heteroatoms. The second kappa shape index (κ2) is 4.66. The van der Waals surface area contributed by atoms with E-state index in [0.717, 1.165) is 0 Å². The van der Waals surface area contributed by atoms with E-state index in [-0.39, 0.29) is 6.61 Å². The predicted octanol–water partition coefficient (Wildman–Crippen LogP) is -0.282. The van der Waals surface area contributed by atoms with Crippen LogP contribution in [0.4, 0.5) is 0 Å². The molecule has 0 rings (SSSR count). The molecule has 0 saturated carbocycles. The Morgan fingerprint density at radius 2 is 2.38 bits per heavy atom. The molecule has 0 aliphatic heterocycles. The predicted molar refractivity (Wildman–Crippen MR) is 26.9 cm³/mol. The van der Waals surface area contributed by atoms with Gasteiger partial charge in [-0.1, -0.05) is 0 Å². The van der Waals surface area contributed by atoms with E-state index in [1.807, 2.05) is 5.92 Å². The van der Waals surface area contributed by atoms with Gasteiger partial charge in [0, 0.05) is 0 Å². The van der Waals surface area contributed by atoms with Crippen LogP contribution in [-0.4, -0.2) is 16.6 Å². The fraction of sp³-hybridized carbons (Fsp3) is 0.333. The molecule has 0 heterocycles. The number of hydrogen-bond acceptors (Lipinski definition) is 3. The van der Waals surface area contributed by atoms with Gasteiger partial charge in [0.05, 0.1) is 0 Å². The monoisotopic (exact) mass is 136 g/mol. The molecule has 8 heavy (non-hydrogen) atoms. The van der Waals surface area contributed by atoms with Gasteiger partial charge in [0.2, 0.25) is 0 Å². The zero-order chi connectivity index (χ0) is 6.41. The van der Waals surface area contributed by atoms with Crippen LogP contribution in [-0.2, 0) is 9.09 Å². The van der Waals surface area contributed by atoms with Gasteiger partial charge in [-0.2, -0.15) is 0 Å². The highest BCUT2D eigenvalue weighted by molar-refractivity contribution is 7.32. The van der Waals surface area contributed by atoms with Gasteiger partial charge >= 0.3 is 8.25 Å². The van der Waals surface area contributed by atoms with Crippen LogP contribution in [0.2, 0.25) is 0 Å². The summed E-state index contributed by atoms with van der Waals surface area (Å²) in [5, 5.41) is 7.77. The highest BCUT2D eigenvalue weighted by Crippen LogP contribution is 2.12. The molecule has 0 bridgehead atoms. The average Bonchev–Trinajstić information content (AvgIpc) is 1.66. The van der Waals surface area contributed by atoms with Crippen LogP contribution in [0, 0.1) is 12.0 Å². The third-order valence-corrected chi connectivity index (χ3v) is 0.738. The second-order valence-electron chi connectivity index (χ2n) is 0.843. The normalized spacial score (nSPS) is 11.6. The largest absolute Gasteiger partial charge is 0.462 e. The molecule has 0 aromatic carbocycles. The Hall–Kier alpha value is -0.490. The maximum atomic E-state index is 9.69. The Bertz CT molecular complexity index is 132. The first-order valence-electron chi connectivity index (χ1n) is 1.75. The molecule has 0 aromatic rings. The lowest BCUT2D eigenvalue weighted by Gasteiger charge is -1.86. The summed E-state index contributed by atoms with van der Waals surface area (Å²) in [6, 6.07) is 0. The van der Waals surface area contributed by atoms with Gasteiger partial charge in [-0.3, -0.25) is 9.09 Å². The van der Waals surface area contributed by atoms with Crippen molar-refractivity contribution in [1.82, 2.24) is 0 Å². The van der Waals surface area contributed by atoms with Crippen molar-refractivity contribution < 1.29 is 19.1 Å². The minimum atomic E-state index is -2.87. The number of hydrogen-bond donors (Lipinski definition) is 2. The molecule has 0 radical (unpaired) electrons. The molecular formula is C3H5O4P. The number of aliphatic hydroxyl groups excluding tert-OH is 1. The summed E-state index contributed by atoms with van der Waals surface area (Å²) in [4.78, 5) is 7.95. The Morgan fingerprint density at radius 3 is 2.75 bits per heavy atom. The first-order chi connectivity index (χ1) is 3.77. The molecule has 0 saturated heterocycles. The van der Waals surface area contributed by atoms with Crippen molar-refractivity contribution in [3.63, 3.8) is 0 Å². The van der Waals surface area contributed by atoms with E-state index in [0.29, 0.717) is 0 Å². The van der Waals surface area contributed by atoms with Crippen LogP contribution in [0.15, 0.2) is 0 Å². The van der Waals surface area contributed by atoms with Gasteiger partial charge in [0.1, 0.15) is 12.7 Å². The van der Waals surface area contributed by atoms with Gasteiger partial charge in [-0.15, -0.1) is 0 Å². The maximum Gasteiger partial charge on any atom is 0.317 e. The zero-order valence-corrected chi connectivity index (χ0v) is 4.92. The molecule has 0 aliphatic rings. The van der Waals surface area contributed by atoms with Crippen LogP contribution in [0.25, 0.3) is 0 Å². The van der Waals surface area contributed by atoms with E-state index in [2.05, 4.69) is 4.52 Å². The second-order valence-corrected chi connectivity index (χ2v) is 1.66. The Labute approximate surface area is 47.0 Å². The molecule has 0 amide bonds. The third-order valence-electron chi connectivity index (χ3n) is 0.347. The Morgan fingerprint density at radius 1 is 1.75 bits per heavy atom. The van der Waals surface area contributed by atoms with Crippen molar-refractivity contribution in [3.05, 3.63) is 0 Å². The summed E-state index contributed by atoms with van der Waals surface area (Å²) in [5.41, 5.74) is 0. The molecule has 46 valence electrons. The fourth-order valence-corrected chi connectivity index (χ4v) is 0.326. The quantitative estimate of drug-likeness (QED) is 0.404. The molecule has 1 atom stereocenters. The molecule has 0 aliphatic carbocycles. The van der Waals surface area contributed by atoms with Gasteiger partial charge in [-0.05, 0) is 5.92 Å². The first kappa shape index (κ1) is 7.51. The van der Waals surface area contributed by atoms with E-state index in [9.17, 15) is 4.57 Å². The standard InChI is InChI=1S/C3H5O4P/c4-2-1-3-7-8(5)6/h4,8H,3H2,(H,5,6). The van der Waals surface area contributed by atoms with Crippen molar-refractivity contribution >= 4 is 8.25 Å². The lowest BCUT2D eigenvalue weighted by Crippen LogP contribution is -1.78. The third kappa shape index (κ3) is 5.51. The lowest BCUT2D eigenvalue weighted by atomic mass is 10.8. The maximum absolute atomic E-state index is 9.69. The summed E-state index contributed by atoms with van der Waals surface area (Å²) >= 11 is 0. The fourth-order valence-electron chi connectivity index (χ4n) is 0.130. The van der Waals surface area contributed by atoms with E-state index >= 15 is 0 Å². The Kier molecular flexibility index (Phi) is 4.38. The van der Waals surface area contributed by atoms with Crippen LogP contribution in [0.3, 0.4) is 0 Å². The molecule has 0 fully saturated rings. The highest BCUT2D eigenvalue weighted by atomic mass is 31.1. The van der Waals surface area contributed by atoms with Crippen molar-refractivity contribution in [2.45, 2.75) is 0 Å². The average molecular weight is 136 g/mol. The molecular weight excluding hydrogens is 131 g/mol. The zero-order valence-electron chi connectivity index (χ0n) is 3.92. The first-order valence-corrected chi connectivity index (χ1v) is 3.01. The summed E-state index contributed by atoms with van der Waals surface area (Å²) in [6.07, 6.45) is 1.51. The minimum Gasteiger partial charge on any atom is -0.462 e. The molecule has 1 unspecified atom stereocenters. The van der Waals surface area contributed by atoms with E-state index in [4.69, 9.17) is 10.00 Å². The molecule has 4 nitrogen and oxygen atoms in total. The summed E-state index contributed by atoms with van der Waals surface area (Å²) in [7, 11) is -2.87. The summed E-state index contributed by atoms with van der Waals surface area (Å²) in [5.74, 6) is 2.03. The smallest absolute Gasteiger partial charge is 0.317 e. The van der Waals surface area contributed by atoms with Gasteiger partial charge in [0.15, 0.2) is 0 Å². The van der Waals surface area contributed by atoms with Crippen molar-refractivity contribution in [2.24, 2.45) is 0 Å². The Balaban J connectivity index is 3.14. The van der Waals surface area contributed by atoms with Crippen LogP contribution >= 0.6 is 8.25 Å². The van der Waals surface area contributed by atoms with Gasteiger partial charge < -0.3 is 10.00 Å². The molecule has 2 N–H and O–H groups in total. The van der Waals surface area contributed by atoms with Crippen molar-refractivity contribution in [1.29, 1.82) is 0 Å². The summed E-state index contributed by atoms with van der Waals surface area (Å²) in [6.45, 7) is -0.204. The minimum absolute atomic E-state index is 0.204. The lowest BCUT2D eigenvalue weighted by molar-refractivity contribution is 0.316. The molecule has 0 aromatic heterocycles. The van der Waals surface area contributed by atoms with E-state index in [1.165, 1.54) is 6.11 Å². The van der Waals surface area contributed by atoms with Crippen molar-refractivity contribution in [3.8, 4) is 12.0 Å². The van der Waals surface area contributed by atoms with E-state index < -0.39 is 8.25 Å². The topological polar surface area (TPSA) is 66.8 Å². The molecule has 0 spiro atoms. The summed E-state index contributed by atoms with van der Waals surface area (Å²) < 4.78 is 13.7. The van der Waals surface area contributed by atoms with Gasteiger partial charge in [0.25, 0.3) is 0 Å². The highest BCUT2D eigenvalue weighted by Gasteiger charge is 1.84. The van der Waals surface area contributed by atoms with Crippen LogP contribution in [0.5, 0.6) is 0 Å². The van der Waals surface area contributed by atoms with Gasteiger partial charge in [-0.25, -0.2) is 0 Å². The van der Waals surface area contributed by atoms with E-state index in [1.54, 1.807) is 0 Å².